The van der Waals surface area contributed by atoms with E-state index in [1.165, 1.54) is 24.3 Å². The number of hydrogen-bond donors (Lipinski definition) is 3. The molecule has 1 unspecified atom stereocenters. The number of amides is 1. The average molecular weight is 346 g/mol. The molecule has 0 spiro atoms. The second kappa shape index (κ2) is 6.86. The van der Waals surface area contributed by atoms with Gasteiger partial charge in [0.15, 0.2) is 0 Å². The fraction of sp³-hybridized carbons (Fsp3) is 0.118. The van der Waals surface area contributed by atoms with Crippen LogP contribution in [0.1, 0.15) is 17.2 Å². The van der Waals surface area contributed by atoms with Crippen molar-refractivity contribution >= 4 is 15.9 Å². The number of benzene rings is 2. The summed E-state index contributed by atoms with van der Waals surface area (Å²) in [5.41, 5.74) is 6.17. The number of hydrogen-bond acceptors (Lipinski definition) is 4. The number of phenols is 1. The van der Waals surface area contributed by atoms with Gasteiger partial charge in [0.1, 0.15) is 5.75 Å². The number of rotatable bonds is 6. The van der Waals surface area contributed by atoms with Crippen LogP contribution in [0.3, 0.4) is 0 Å². The van der Waals surface area contributed by atoms with Gasteiger partial charge < -0.3 is 10.8 Å². The Kier molecular flexibility index (Phi) is 5.06. The normalized spacial score (nSPS) is 12.5. The number of sulfonamides is 1. The predicted octanol–water partition coefficient (Wildman–Crippen LogP) is 1.76. The second-order valence-electron chi connectivity index (χ2n) is 5.32. The van der Waals surface area contributed by atoms with E-state index in [1.54, 1.807) is 24.3 Å². The number of primary amides is 1. The first kappa shape index (κ1) is 17.7. The van der Waals surface area contributed by atoms with Crippen molar-refractivity contribution in [1.29, 1.82) is 0 Å². The number of nitrogens with two attached hydrogens (primary N) is 1. The largest absolute Gasteiger partial charge is 0.508 e. The number of carbonyl (C=O) groups is 1. The van der Waals surface area contributed by atoms with E-state index >= 15 is 0 Å². The van der Waals surface area contributed by atoms with Gasteiger partial charge in [-0.2, -0.15) is 4.72 Å². The van der Waals surface area contributed by atoms with Crippen LogP contribution in [0.25, 0.3) is 0 Å². The molecule has 2 aromatic carbocycles. The number of carbonyl (C=O) groups excluding carboxylic acids is 1. The summed E-state index contributed by atoms with van der Waals surface area (Å²) in [6, 6.07) is 11.1. The summed E-state index contributed by atoms with van der Waals surface area (Å²) in [7, 11) is -3.95. The molecule has 0 radical (unpaired) electrons. The van der Waals surface area contributed by atoms with E-state index in [2.05, 4.69) is 11.3 Å². The first-order chi connectivity index (χ1) is 11.2. The maximum atomic E-state index is 12.6. The third-order valence-corrected chi connectivity index (χ3v) is 4.96. The highest BCUT2D eigenvalue weighted by atomic mass is 32.2. The minimum atomic E-state index is -3.95. The molecule has 1 amide bonds. The summed E-state index contributed by atoms with van der Waals surface area (Å²) in [4.78, 5) is 11.5. The van der Waals surface area contributed by atoms with Crippen molar-refractivity contribution in [3.63, 3.8) is 0 Å². The highest BCUT2D eigenvalue weighted by Crippen LogP contribution is 2.29. The molecule has 2 rings (SSSR count). The Morgan fingerprint density at radius 1 is 1.17 bits per heavy atom. The third kappa shape index (κ3) is 3.81. The van der Waals surface area contributed by atoms with Crippen molar-refractivity contribution < 1.29 is 18.3 Å². The second-order valence-corrected chi connectivity index (χ2v) is 7.03. The van der Waals surface area contributed by atoms with E-state index in [0.29, 0.717) is 0 Å². The molecule has 7 heteroatoms. The van der Waals surface area contributed by atoms with Crippen molar-refractivity contribution in [2.75, 3.05) is 0 Å². The van der Waals surface area contributed by atoms with Crippen LogP contribution in [0.5, 0.6) is 5.75 Å². The minimum Gasteiger partial charge on any atom is -0.508 e. The van der Waals surface area contributed by atoms with Crippen LogP contribution in [-0.4, -0.2) is 19.4 Å². The molecular formula is C17H18N2O4S. The molecule has 0 fully saturated rings. The fourth-order valence-corrected chi connectivity index (χ4v) is 3.35. The van der Waals surface area contributed by atoms with E-state index in [0.717, 1.165) is 5.56 Å². The van der Waals surface area contributed by atoms with Crippen LogP contribution in [0.4, 0.5) is 0 Å². The lowest BCUT2D eigenvalue weighted by Crippen LogP contribution is -2.33. The van der Waals surface area contributed by atoms with E-state index < -0.39 is 22.0 Å². The molecule has 126 valence electrons. The molecule has 24 heavy (non-hydrogen) atoms. The molecule has 4 N–H and O–H groups in total. The van der Waals surface area contributed by atoms with Gasteiger partial charge in [-0.3, -0.25) is 4.79 Å². The summed E-state index contributed by atoms with van der Waals surface area (Å²) in [6.45, 7) is 5.39. The lowest BCUT2D eigenvalue weighted by Gasteiger charge is -2.20. The molecule has 0 heterocycles. The Labute approximate surface area is 140 Å². The maximum absolute atomic E-state index is 12.6. The molecule has 6 nitrogen and oxygen atoms in total. The summed E-state index contributed by atoms with van der Waals surface area (Å²) in [5, 5.41) is 9.99. The number of para-hydroxylation sites is 1. The zero-order valence-electron chi connectivity index (χ0n) is 13.1. The topological polar surface area (TPSA) is 109 Å². The van der Waals surface area contributed by atoms with Gasteiger partial charge in [0.25, 0.3) is 0 Å². The predicted molar refractivity (Wildman–Crippen MR) is 90.7 cm³/mol. The number of phenolic OH excluding ortho intramolecular Hbond substituents is 1. The number of aromatic hydroxyl groups is 1. The number of nitrogens with one attached hydrogen (secondary N) is 1. The highest BCUT2D eigenvalue weighted by Gasteiger charge is 2.27. The molecule has 1 atom stereocenters. The van der Waals surface area contributed by atoms with Crippen LogP contribution in [0.2, 0.25) is 0 Å². The van der Waals surface area contributed by atoms with Crippen LogP contribution in [0.15, 0.2) is 65.6 Å². The molecule has 0 aliphatic carbocycles. The Morgan fingerprint density at radius 3 is 2.29 bits per heavy atom. The van der Waals surface area contributed by atoms with Crippen LogP contribution in [-0.2, 0) is 14.8 Å². The van der Waals surface area contributed by atoms with Gasteiger partial charge in [-0.15, -0.1) is 0 Å². The van der Waals surface area contributed by atoms with E-state index in [1.807, 2.05) is 6.92 Å². The zero-order valence-corrected chi connectivity index (χ0v) is 13.9. The van der Waals surface area contributed by atoms with Gasteiger partial charge in [0.2, 0.25) is 15.9 Å². The van der Waals surface area contributed by atoms with Gasteiger partial charge in [-0.25, -0.2) is 8.42 Å². The van der Waals surface area contributed by atoms with Crippen molar-refractivity contribution in [2.24, 2.45) is 5.73 Å². The molecule has 0 aliphatic heterocycles. The Balaban J connectivity index is 2.45. The van der Waals surface area contributed by atoms with Gasteiger partial charge in [-0.05, 0) is 25.1 Å². The first-order valence-corrected chi connectivity index (χ1v) is 8.56. The molecule has 0 aromatic heterocycles. The summed E-state index contributed by atoms with van der Waals surface area (Å²) in [6.07, 6.45) is 0. The average Bonchev–Trinajstić information content (AvgIpc) is 2.53. The smallest absolute Gasteiger partial charge is 0.246 e. The monoisotopic (exact) mass is 346 g/mol. The number of aryl methyl sites for hydroxylation is 1. The van der Waals surface area contributed by atoms with Crippen molar-refractivity contribution in [3.8, 4) is 5.75 Å². The maximum Gasteiger partial charge on any atom is 0.246 e. The third-order valence-electron chi connectivity index (χ3n) is 3.52. The van der Waals surface area contributed by atoms with E-state index in [-0.39, 0.29) is 21.8 Å². The molecule has 0 aliphatic rings. The Morgan fingerprint density at radius 2 is 1.75 bits per heavy atom. The van der Waals surface area contributed by atoms with Crippen molar-refractivity contribution in [2.45, 2.75) is 17.9 Å². The standard InChI is InChI=1S/C17H18N2O4S/c1-11-7-9-13(10-8-11)24(22,23)19-16(12(2)17(18)21)14-5-3-4-6-15(14)20/h3-10,16,19-20H,2H2,1H3,(H2,18,21). The SMILES string of the molecule is C=C(C(N)=O)C(NS(=O)(=O)c1ccc(C)cc1)c1ccccc1O. The van der Waals surface area contributed by atoms with Gasteiger partial charge in [0, 0.05) is 11.1 Å². The summed E-state index contributed by atoms with van der Waals surface area (Å²) < 4.78 is 27.5. The lowest BCUT2D eigenvalue weighted by atomic mass is 9.99. The highest BCUT2D eigenvalue weighted by molar-refractivity contribution is 7.89. The Bertz CT molecular complexity index is 874. The minimum absolute atomic E-state index is 0.0331. The molecular weight excluding hydrogens is 328 g/mol. The van der Waals surface area contributed by atoms with Gasteiger partial charge >= 0.3 is 0 Å². The van der Waals surface area contributed by atoms with Gasteiger partial charge in [-0.1, -0.05) is 42.5 Å². The zero-order chi connectivity index (χ0) is 17.9. The quantitative estimate of drug-likeness (QED) is 0.692. The first-order valence-electron chi connectivity index (χ1n) is 7.08. The summed E-state index contributed by atoms with van der Waals surface area (Å²) >= 11 is 0. The van der Waals surface area contributed by atoms with Gasteiger partial charge in [0.05, 0.1) is 10.9 Å². The van der Waals surface area contributed by atoms with E-state index in [4.69, 9.17) is 5.73 Å². The fourth-order valence-electron chi connectivity index (χ4n) is 2.14. The Hall–Kier alpha value is -2.64. The van der Waals surface area contributed by atoms with Crippen LogP contribution >= 0.6 is 0 Å². The lowest BCUT2D eigenvalue weighted by molar-refractivity contribution is -0.114. The molecule has 0 saturated heterocycles. The van der Waals surface area contributed by atoms with Crippen molar-refractivity contribution in [1.82, 2.24) is 4.72 Å². The van der Waals surface area contributed by atoms with Crippen LogP contribution < -0.4 is 10.5 Å². The van der Waals surface area contributed by atoms with Crippen LogP contribution in [0, 0.1) is 6.92 Å². The van der Waals surface area contributed by atoms with Crippen molar-refractivity contribution in [3.05, 3.63) is 71.8 Å². The molecule has 2 aromatic rings. The molecule has 0 saturated carbocycles. The molecule has 0 bridgehead atoms. The van der Waals surface area contributed by atoms with E-state index in [9.17, 15) is 18.3 Å². The summed E-state index contributed by atoms with van der Waals surface area (Å²) in [5.74, 6) is -1.04.